The number of fused-ring (bicyclic) bond motifs is 2. The standard InChI is InChI=1S/C28H34N4O3S/c1-27(2)14-20-15-28(3,17-27)18-31(20)24(33)16-36-26-30-29-25(22-8-6-7-9-23(22)35-5)32(26)19-10-12-21(34-4)13-11-19/h6-13,20H,14-18H2,1-5H3/t20-,28+/m0/s1. The number of ether oxygens (including phenoxy) is 2. The Morgan fingerprint density at radius 3 is 2.50 bits per heavy atom. The van der Waals surface area contributed by atoms with Crippen molar-refractivity contribution in [3.63, 3.8) is 0 Å². The number of carbonyl (C=O) groups is 1. The van der Waals surface area contributed by atoms with E-state index in [9.17, 15) is 4.79 Å². The summed E-state index contributed by atoms with van der Waals surface area (Å²) in [6.45, 7) is 7.84. The number of nitrogens with zero attached hydrogens (tertiary/aromatic N) is 4. The van der Waals surface area contributed by atoms with Crippen LogP contribution >= 0.6 is 11.8 Å². The van der Waals surface area contributed by atoms with Crippen molar-refractivity contribution in [3.05, 3.63) is 48.5 Å². The van der Waals surface area contributed by atoms with E-state index in [0.29, 0.717) is 28.5 Å². The van der Waals surface area contributed by atoms with Gasteiger partial charge in [0.05, 0.1) is 31.2 Å². The maximum absolute atomic E-state index is 13.4. The van der Waals surface area contributed by atoms with Crippen LogP contribution in [0, 0.1) is 10.8 Å². The quantitative estimate of drug-likeness (QED) is 0.396. The molecule has 1 saturated carbocycles. The van der Waals surface area contributed by atoms with E-state index in [-0.39, 0.29) is 16.7 Å². The van der Waals surface area contributed by atoms with E-state index in [1.165, 1.54) is 18.2 Å². The topological polar surface area (TPSA) is 69.5 Å². The minimum absolute atomic E-state index is 0.176. The van der Waals surface area contributed by atoms with Crippen LogP contribution in [0.2, 0.25) is 0 Å². The summed E-state index contributed by atoms with van der Waals surface area (Å²) in [6.07, 6.45) is 3.34. The van der Waals surface area contributed by atoms with Gasteiger partial charge >= 0.3 is 0 Å². The average molecular weight is 507 g/mol. The molecule has 5 rings (SSSR count). The highest BCUT2D eigenvalue weighted by molar-refractivity contribution is 7.99. The van der Waals surface area contributed by atoms with Crippen LogP contribution in [0.1, 0.15) is 40.0 Å². The highest BCUT2D eigenvalue weighted by atomic mass is 32.2. The Bertz CT molecular complexity index is 1260. The molecule has 2 heterocycles. The molecule has 1 saturated heterocycles. The maximum Gasteiger partial charge on any atom is 0.233 e. The van der Waals surface area contributed by atoms with Crippen LogP contribution in [-0.2, 0) is 4.79 Å². The molecular weight excluding hydrogens is 472 g/mol. The Balaban J connectivity index is 1.43. The summed E-state index contributed by atoms with van der Waals surface area (Å²) in [4.78, 5) is 15.6. The van der Waals surface area contributed by atoms with E-state index in [1.54, 1.807) is 14.2 Å². The third kappa shape index (κ3) is 4.71. The van der Waals surface area contributed by atoms with Crippen LogP contribution in [0.15, 0.2) is 53.7 Å². The van der Waals surface area contributed by atoms with Crippen molar-refractivity contribution in [2.75, 3.05) is 26.5 Å². The van der Waals surface area contributed by atoms with Crippen molar-refractivity contribution in [2.45, 2.75) is 51.2 Å². The zero-order valence-electron chi connectivity index (χ0n) is 21.7. The number of hydrogen-bond acceptors (Lipinski definition) is 6. The molecule has 0 N–H and O–H groups in total. The van der Waals surface area contributed by atoms with Gasteiger partial charge in [0.15, 0.2) is 11.0 Å². The van der Waals surface area contributed by atoms with Gasteiger partial charge in [-0.1, -0.05) is 44.7 Å². The lowest BCUT2D eigenvalue weighted by Crippen LogP contribution is -2.38. The minimum atomic E-state index is 0.176. The Morgan fingerprint density at radius 1 is 1.03 bits per heavy atom. The molecule has 1 amide bonds. The van der Waals surface area contributed by atoms with Gasteiger partial charge in [-0.3, -0.25) is 9.36 Å². The van der Waals surface area contributed by atoms with Gasteiger partial charge in [-0.2, -0.15) is 0 Å². The second-order valence-corrected chi connectivity index (χ2v) is 12.0. The Hall–Kier alpha value is -3.00. The number of methoxy groups -OCH3 is 2. The average Bonchev–Trinajstić information content (AvgIpc) is 3.39. The minimum Gasteiger partial charge on any atom is -0.497 e. The van der Waals surface area contributed by atoms with Gasteiger partial charge in [0.1, 0.15) is 11.5 Å². The molecule has 1 aliphatic heterocycles. The molecule has 2 aromatic carbocycles. The van der Waals surface area contributed by atoms with E-state index in [2.05, 4.69) is 35.9 Å². The van der Waals surface area contributed by atoms with E-state index in [1.807, 2.05) is 53.1 Å². The van der Waals surface area contributed by atoms with Crippen molar-refractivity contribution in [3.8, 4) is 28.6 Å². The fourth-order valence-electron chi connectivity index (χ4n) is 6.29. The fraction of sp³-hybridized carbons (Fsp3) is 0.464. The highest BCUT2D eigenvalue weighted by Crippen LogP contribution is 2.52. The number of hydrogen-bond donors (Lipinski definition) is 0. The van der Waals surface area contributed by atoms with Crippen LogP contribution in [0.5, 0.6) is 11.5 Å². The zero-order chi connectivity index (χ0) is 25.5. The number of thioether (sulfide) groups is 1. The Labute approximate surface area is 217 Å². The van der Waals surface area contributed by atoms with E-state index >= 15 is 0 Å². The Morgan fingerprint density at radius 2 is 1.78 bits per heavy atom. The molecule has 190 valence electrons. The zero-order valence-corrected chi connectivity index (χ0v) is 22.5. The number of para-hydroxylation sites is 1. The van der Waals surface area contributed by atoms with Crippen molar-refractivity contribution < 1.29 is 14.3 Å². The number of amides is 1. The smallest absolute Gasteiger partial charge is 0.233 e. The third-order valence-corrected chi connectivity index (χ3v) is 8.29. The van der Waals surface area contributed by atoms with Crippen LogP contribution < -0.4 is 9.47 Å². The predicted molar refractivity (Wildman–Crippen MR) is 142 cm³/mol. The summed E-state index contributed by atoms with van der Waals surface area (Å²) in [6, 6.07) is 15.9. The predicted octanol–water partition coefficient (Wildman–Crippen LogP) is 5.47. The van der Waals surface area contributed by atoms with Gasteiger partial charge in [-0.05, 0) is 66.5 Å². The van der Waals surface area contributed by atoms with E-state index in [0.717, 1.165) is 36.4 Å². The number of rotatable bonds is 7. The van der Waals surface area contributed by atoms with Crippen molar-refractivity contribution in [1.82, 2.24) is 19.7 Å². The molecule has 2 atom stereocenters. The van der Waals surface area contributed by atoms with Crippen molar-refractivity contribution >= 4 is 17.7 Å². The summed E-state index contributed by atoms with van der Waals surface area (Å²) in [7, 11) is 3.30. The molecular formula is C28H34N4O3S. The first-order valence-electron chi connectivity index (χ1n) is 12.4. The molecule has 2 fully saturated rings. The fourth-order valence-corrected chi connectivity index (χ4v) is 7.13. The van der Waals surface area contributed by atoms with Gasteiger partial charge in [-0.25, -0.2) is 0 Å². The first kappa shape index (κ1) is 24.7. The molecule has 0 radical (unpaired) electrons. The first-order valence-corrected chi connectivity index (χ1v) is 13.4. The normalized spacial score (nSPS) is 22.5. The molecule has 7 nitrogen and oxygen atoms in total. The van der Waals surface area contributed by atoms with Crippen molar-refractivity contribution in [2.24, 2.45) is 10.8 Å². The number of aromatic nitrogens is 3. The summed E-state index contributed by atoms with van der Waals surface area (Å²) in [5, 5.41) is 9.71. The lowest BCUT2D eigenvalue weighted by atomic mass is 9.65. The van der Waals surface area contributed by atoms with E-state index < -0.39 is 0 Å². The molecule has 1 aliphatic carbocycles. The van der Waals surface area contributed by atoms with Crippen LogP contribution in [-0.4, -0.2) is 58.1 Å². The summed E-state index contributed by atoms with van der Waals surface area (Å²) >= 11 is 1.43. The van der Waals surface area contributed by atoms with Gasteiger partial charge in [0.2, 0.25) is 5.91 Å². The summed E-state index contributed by atoms with van der Waals surface area (Å²) in [5.41, 5.74) is 2.22. The largest absolute Gasteiger partial charge is 0.497 e. The molecule has 2 bridgehead atoms. The van der Waals surface area contributed by atoms with Gasteiger partial charge < -0.3 is 14.4 Å². The monoisotopic (exact) mass is 506 g/mol. The summed E-state index contributed by atoms with van der Waals surface area (Å²) in [5.74, 6) is 2.65. The molecule has 3 aromatic rings. The van der Waals surface area contributed by atoms with Gasteiger partial charge in [0.25, 0.3) is 0 Å². The second kappa shape index (κ2) is 9.47. The highest BCUT2D eigenvalue weighted by Gasteiger charge is 2.50. The molecule has 0 spiro atoms. The van der Waals surface area contributed by atoms with E-state index in [4.69, 9.17) is 9.47 Å². The summed E-state index contributed by atoms with van der Waals surface area (Å²) < 4.78 is 12.9. The molecule has 0 unspecified atom stereocenters. The lowest BCUT2D eigenvalue weighted by molar-refractivity contribution is -0.129. The Kier molecular flexibility index (Phi) is 6.49. The number of benzene rings is 2. The van der Waals surface area contributed by atoms with Crippen LogP contribution in [0.4, 0.5) is 0 Å². The van der Waals surface area contributed by atoms with Crippen LogP contribution in [0.3, 0.4) is 0 Å². The molecule has 2 aliphatic rings. The number of carbonyl (C=O) groups excluding carboxylic acids is 1. The van der Waals surface area contributed by atoms with Gasteiger partial charge in [0, 0.05) is 12.6 Å². The number of likely N-dealkylation sites (tertiary alicyclic amines) is 1. The lowest BCUT2D eigenvalue weighted by Gasteiger charge is -2.39. The first-order chi connectivity index (χ1) is 17.2. The maximum atomic E-state index is 13.4. The molecule has 1 aromatic heterocycles. The molecule has 36 heavy (non-hydrogen) atoms. The third-order valence-electron chi connectivity index (χ3n) is 7.37. The SMILES string of the molecule is COc1ccc(-n2c(SCC(=O)N3C[C@]4(C)C[C@@H]3CC(C)(C)C4)nnc2-c2ccccc2OC)cc1. The second-order valence-electron chi connectivity index (χ2n) is 11.1. The van der Waals surface area contributed by atoms with Gasteiger partial charge in [-0.15, -0.1) is 10.2 Å². The molecule has 8 heteroatoms. The van der Waals surface area contributed by atoms with Crippen molar-refractivity contribution in [1.29, 1.82) is 0 Å². The van der Waals surface area contributed by atoms with Crippen LogP contribution in [0.25, 0.3) is 17.1 Å².